The first-order chi connectivity index (χ1) is 14.0. The number of halogens is 1. The van der Waals surface area contributed by atoms with E-state index in [9.17, 15) is 5.11 Å². The maximum absolute atomic E-state index is 9.89. The molecule has 0 unspecified atom stereocenters. The van der Waals surface area contributed by atoms with Gasteiger partial charge in [-0.25, -0.2) is 9.97 Å². The molecule has 152 valence electrons. The molecule has 2 saturated heterocycles. The molecule has 2 aliphatic heterocycles. The molecule has 1 aromatic carbocycles. The number of piperidine rings is 1. The van der Waals surface area contributed by atoms with Crippen LogP contribution in [0.1, 0.15) is 37.4 Å². The summed E-state index contributed by atoms with van der Waals surface area (Å²) in [6.45, 7) is 4.59. The lowest BCUT2D eigenvalue weighted by atomic mass is 9.77. The highest BCUT2D eigenvalue weighted by Crippen LogP contribution is 2.43. The van der Waals surface area contributed by atoms with Crippen LogP contribution in [-0.4, -0.2) is 40.9 Å². The largest absolute Gasteiger partial charge is 0.390 e. The summed E-state index contributed by atoms with van der Waals surface area (Å²) >= 11 is 7.64. The molecule has 3 heterocycles. The Morgan fingerprint density at radius 1 is 1.41 bits per heavy atom. The Morgan fingerprint density at radius 2 is 2.21 bits per heavy atom. The number of aliphatic hydroxyl groups excluding tert-OH is 1. The smallest absolute Gasteiger partial charge is 0.152 e. The standard InChI is InChI=1S/C21H23ClN4O2S/c1-14-9-21(13-28-14)5-7-26(8-6-21)20-16(12-27)25-18(11-24-20)29-17-4-2-3-15(10-23)19(17)22/h2-4,11,14,27H,5-9,12-13H2,1H3/t14-/m0/s1. The fourth-order valence-electron chi connectivity index (χ4n) is 4.20. The van der Waals surface area contributed by atoms with E-state index in [0.29, 0.717) is 32.8 Å². The third-order valence-corrected chi connectivity index (χ3v) is 7.25. The van der Waals surface area contributed by atoms with Crippen LogP contribution in [0.25, 0.3) is 0 Å². The van der Waals surface area contributed by atoms with Crippen LogP contribution < -0.4 is 4.90 Å². The van der Waals surface area contributed by atoms with Gasteiger partial charge >= 0.3 is 0 Å². The van der Waals surface area contributed by atoms with Crippen LogP contribution in [0.5, 0.6) is 0 Å². The normalized spacial score (nSPS) is 20.8. The number of nitrogens with zero attached hydrogens (tertiary/aromatic N) is 4. The second-order valence-electron chi connectivity index (χ2n) is 7.78. The van der Waals surface area contributed by atoms with Crippen molar-refractivity contribution in [2.24, 2.45) is 5.41 Å². The van der Waals surface area contributed by atoms with Crippen LogP contribution in [0.4, 0.5) is 5.82 Å². The van der Waals surface area contributed by atoms with Crippen molar-refractivity contribution in [3.8, 4) is 6.07 Å². The van der Waals surface area contributed by atoms with E-state index in [1.807, 2.05) is 6.07 Å². The molecule has 6 nitrogen and oxygen atoms in total. The summed E-state index contributed by atoms with van der Waals surface area (Å²) in [6.07, 6.45) is 5.31. The van der Waals surface area contributed by atoms with E-state index < -0.39 is 0 Å². The third kappa shape index (κ3) is 4.22. The predicted octanol–water partition coefficient (Wildman–Crippen LogP) is 4.04. The Bertz CT molecular complexity index is 941. The van der Waals surface area contributed by atoms with Crippen molar-refractivity contribution in [2.75, 3.05) is 24.6 Å². The maximum atomic E-state index is 9.89. The van der Waals surface area contributed by atoms with Gasteiger partial charge in [-0.15, -0.1) is 0 Å². The van der Waals surface area contributed by atoms with Crippen molar-refractivity contribution in [3.05, 3.63) is 40.7 Å². The van der Waals surface area contributed by atoms with E-state index in [2.05, 4.69) is 27.9 Å². The Balaban J connectivity index is 1.50. The fourth-order valence-corrected chi connectivity index (χ4v) is 5.32. The lowest BCUT2D eigenvalue weighted by molar-refractivity contribution is 0.0975. The van der Waals surface area contributed by atoms with E-state index in [4.69, 9.17) is 21.6 Å². The molecule has 8 heteroatoms. The van der Waals surface area contributed by atoms with E-state index in [1.54, 1.807) is 18.3 Å². The zero-order valence-corrected chi connectivity index (χ0v) is 17.8. The monoisotopic (exact) mass is 430 g/mol. The molecular formula is C21H23ClN4O2S. The summed E-state index contributed by atoms with van der Waals surface area (Å²) in [6, 6.07) is 7.40. The average Bonchev–Trinajstić information content (AvgIpc) is 3.10. The van der Waals surface area contributed by atoms with E-state index in [-0.39, 0.29) is 6.61 Å². The molecule has 2 aromatic rings. The van der Waals surface area contributed by atoms with Crippen LogP contribution in [-0.2, 0) is 11.3 Å². The molecule has 0 radical (unpaired) electrons. The van der Waals surface area contributed by atoms with Gasteiger partial charge in [-0.05, 0) is 43.7 Å². The van der Waals surface area contributed by atoms with E-state index in [1.165, 1.54) is 11.8 Å². The second kappa shape index (κ2) is 8.49. The maximum Gasteiger partial charge on any atom is 0.152 e. The quantitative estimate of drug-likeness (QED) is 0.783. The second-order valence-corrected chi connectivity index (χ2v) is 9.22. The van der Waals surface area contributed by atoms with E-state index in [0.717, 1.165) is 49.7 Å². The van der Waals surface area contributed by atoms with Crippen molar-refractivity contribution in [1.82, 2.24) is 9.97 Å². The minimum absolute atomic E-state index is 0.176. The van der Waals surface area contributed by atoms with Gasteiger partial charge in [0.2, 0.25) is 0 Å². The minimum Gasteiger partial charge on any atom is -0.390 e. The van der Waals surface area contributed by atoms with Gasteiger partial charge < -0.3 is 14.7 Å². The minimum atomic E-state index is -0.176. The fraction of sp³-hybridized carbons (Fsp3) is 0.476. The summed E-state index contributed by atoms with van der Waals surface area (Å²) in [4.78, 5) is 12.2. The topological polar surface area (TPSA) is 82.3 Å². The Labute approximate surface area is 179 Å². The van der Waals surface area contributed by atoms with Gasteiger partial charge in [0.15, 0.2) is 5.82 Å². The van der Waals surface area contributed by atoms with Crippen molar-refractivity contribution in [1.29, 1.82) is 5.26 Å². The Hall–Kier alpha value is -1.85. The summed E-state index contributed by atoms with van der Waals surface area (Å²) in [5.74, 6) is 0.746. The first-order valence-corrected chi connectivity index (χ1v) is 10.9. The summed E-state index contributed by atoms with van der Waals surface area (Å²) in [5, 5.41) is 20.1. The Kier molecular flexibility index (Phi) is 5.98. The van der Waals surface area contributed by atoms with Crippen molar-refractivity contribution < 1.29 is 9.84 Å². The highest BCUT2D eigenvalue weighted by atomic mass is 35.5. The zero-order chi connectivity index (χ0) is 20.4. The average molecular weight is 431 g/mol. The Morgan fingerprint density at radius 3 is 2.86 bits per heavy atom. The van der Waals surface area contributed by atoms with Crippen LogP contribution in [0.15, 0.2) is 34.3 Å². The van der Waals surface area contributed by atoms with Crippen LogP contribution >= 0.6 is 23.4 Å². The molecule has 1 spiro atoms. The molecule has 1 N–H and O–H groups in total. The van der Waals surface area contributed by atoms with Crippen LogP contribution in [0, 0.1) is 16.7 Å². The third-order valence-electron chi connectivity index (χ3n) is 5.77. The van der Waals surface area contributed by atoms with Gasteiger partial charge in [-0.1, -0.05) is 29.4 Å². The molecule has 1 atom stereocenters. The van der Waals surface area contributed by atoms with Crippen molar-refractivity contribution in [2.45, 2.75) is 48.8 Å². The number of benzene rings is 1. The number of rotatable bonds is 4. The lowest BCUT2D eigenvalue weighted by Crippen LogP contribution is -2.41. The SMILES string of the molecule is C[C@H]1CC2(CCN(c3ncc(Sc4cccc(C#N)c4Cl)nc3CO)CC2)CO1. The predicted molar refractivity (Wildman–Crippen MR) is 112 cm³/mol. The van der Waals surface area contributed by atoms with Crippen LogP contribution in [0.3, 0.4) is 0 Å². The van der Waals surface area contributed by atoms with E-state index >= 15 is 0 Å². The number of aliphatic hydroxyl groups is 1. The number of ether oxygens (including phenoxy) is 1. The number of hydrogen-bond acceptors (Lipinski definition) is 7. The molecule has 2 fully saturated rings. The molecular weight excluding hydrogens is 408 g/mol. The molecule has 4 rings (SSSR count). The van der Waals surface area contributed by atoms with Gasteiger partial charge in [0.1, 0.15) is 16.8 Å². The number of anilines is 1. The van der Waals surface area contributed by atoms with Gasteiger partial charge in [0.25, 0.3) is 0 Å². The van der Waals surface area contributed by atoms with Crippen LogP contribution in [0.2, 0.25) is 5.02 Å². The van der Waals surface area contributed by atoms with Gasteiger partial charge in [-0.3, -0.25) is 0 Å². The zero-order valence-electron chi connectivity index (χ0n) is 16.3. The molecule has 29 heavy (non-hydrogen) atoms. The highest BCUT2D eigenvalue weighted by molar-refractivity contribution is 7.99. The molecule has 2 aliphatic rings. The highest BCUT2D eigenvalue weighted by Gasteiger charge is 2.41. The molecule has 0 aliphatic carbocycles. The van der Waals surface area contributed by atoms with Gasteiger partial charge in [0.05, 0.1) is 36.1 Å². The van der Waals surface area contributed by atoms with Gasteiger partial charge in [-0.2, -0.15) is 5.26 Å². The first-order valence-electron chi connectivity index (χ1n) is 9.73. The number of nitriles is 1. The van der Waals surface area contributed by atoms with Crippen molar-refractivity contribution >= 4 is 29.2 Å². The molecule has 1 aromatic heterocycles. The summed E-state index contributed by atoms with van der Waals surface area (Å²) in [5.41, 5.74) is 1.28. The van der Waals surface area contributed by atoms with Gasteiger partial charge in [0, 0.05) is 18.0 Å². The first kappa shape index (κ1) is 20.4. The number of aromatic nitrogens is 2. The van der Waals surface area contributed by atoms with Crippen molar-refractivity contribution in [3.63, 3.8) is 0 Å². The summed E-state index contributed by atoms with van der Waals surface area (Å²) < 4.78 is 5.81. The lowest BCUT2D eigenvalue weighted by Gasteiger charge is -2.39. The summed E-state index contributed by atoms with van der Waals surface area (Å²) in [7, 11) is 0. The molecule has 0 amide bonds. The number of hydrogen-bond donors (Lipinski definition) is 1. The molecule has 0 bridgehead atoms. The molecule has 0 saturated carbocycles.